The van der Waals surface area contributed by atoms with Gasteiger partial charge in [-0.2, -0.15) is 5.10 Å². The lowest BCUT2D eigenvalue weighted by atomic mass is 10.2. The van der Waals surface area contributed by atoms with Gasteiger partial charge >= 0.3 is 5.97 Å². The van der Waals surface area contributed by atoms with E-state index in [9.17, 15) is 4.79 Å². The van der Waals surface area contributed by atoms with Gasteiger partial charge in [0.2, 0.25) is 0 Å². The van der Waals surface area contributed by atoms with Crippen molar-refractivity contribution < 1.29 is 9.53 Å². The maximum atomic E-state index is 11.2. The predicted molar refractivity (Wildman–Crippen MR) is 56.3 cm³/mol. The second kappa shape index (κ2) is 6.19. The third kappa shape index (κ3) is 3.71. The molecule has 0 saturated heterocycles. The summed E-state index contributed by atoms with van der Waals surface area (Å²) in [6.07, 6.45) is 4.35. The van der Waals surface area contributed by atoms with Gasteiger partial charge in [0.05, 0.1) is 13.7 Å². The average Bonchev–Trinajstić information content (AvgIpc) is 2.76. The number of ether oxygens (including phenoxy) is 1. The summed E-state index contributed by atoms with van der Waals surface area (Å²) in [5.74, 6) is -0.210. The van der Waals surface area contributed by atoms with Gasteiger partial charge in [-0.1, -0.05) is 6.92 Å². The van der Waals surface area contributed by atoms with Crippen LogP contribution >= 0.6 is 0 Å². The molecule has 0 amide bonds. The second-order valence-electron chi connectivity index (χ2n) is 3.21. The molecular formula is C10H17N3O2. The van der Waals surface area contributed by atoms with Gasteiger partial charge in [0.15, 0.2) is 0 Å². The maximum Gasteiger partial charge on any atom is 0.322 e. The maximum absolute atomic E-state index is 11.2. The summed E-state index contributed by atoms with van der Waals surface area (Å²) in [5.41, 5.74) is 0. The lowest BCUT2D eigenvalue weighted by molar-refractivity contribution is -0.143. The van der Waals surface area contributed by atoms with Crippen LogP contribution in [0.25, 0.3) is 0 Å². The zero-order valence-corrected chi connectivity index (χ0v) is 9.14. The van der Waals surface area contributed by atoms with Crippen molar-refractivity contribution in [3.05, 3.63) is 18.5 Å². The molecule has 5 heteroatoms. The number of methoxy groups -OCH3 is 1. The number of nitrogens with zero attached hydrogens (tertiary/aromatic N) is 2. The highest BCUT2D eigenvalue weighted by Crippen LogP contribution is 1.93. The van der Waals surface area contributed by atoms with E-state index in [-0.39, 0.29) is 12.0 Å². The zero-order chi connectivity index (χ0) is 11.1. The molecule has 0 radical (unpaired) electrons. The van der Waals surface area contributed by atoms with Crippen LogP contribution < -0.4 is 5.32 Å². The fourth-order valence-corrected chi connectivity index (χ4v) is 1.32. The number of hydrogen-bond acceptors (Lipinski definition) is 4. The molecule has 1 aromatic heterocycles. The summed E-state index contributed by atoms with van der Waals surface area (Å²) in [7, 11) is 1.40. The number of aromatic nitrogens is 2. The highest BCUT2D eigenvalue weighted by Gasteiger charge is 2.15. The zero-order valence-electron chi connectivity index (χ0n) is 9.14. The van der Waals surface area contributed by atoms with E-state index in [1.807, 2.05) is 23.9 Å². The first kappa shape index (κ1) is 11.7. The van der Waals surface area contributed by atoms with E-state index in [4.69, 9.17) is 0 Å². The van der Waals surface area contributed by atoms with E-state index >= 15 is 0 Å². The summed E-state index contributed by atoms with van der Waals surface area (Å²) < 4.78 is 6.48. The summed E-state index contributed by atoms with van der Waals surface area (Å²) in [6, 6.07) is 1.66. The van der Waals surface area contributed by atoms with Gasteiger partial charge in [-0.25, -0.2) is 0 Å². The largest absolute Gasteiger partial charge is 0.468 e. The molecule has 1 unspecified atom stereocenters. The minimum Gasteiger partial charge on any atom is -0.468 e. The van der Waals surface area contributed by atoms with Crippen LogP contribution in [0.15, 0.2) is 18.5 Å². The molecule has 0 aliphatic rings. The van der Waals surface area contributed by atoms with Crippen molar-refractivity contribution in [1.82, 2.24) is 15.1 Å². The van der Waals surface area contributed by atoms with Crippen LogP contribution in [0.4, 0.5) is 0 Å². The van der Waals surface area contributed by atoms with Crippen molar-refractivity contribution in [1.29, 1.82) is 0 Å². The number of esters is 1. The average molecular weight is 211 g/mol. The molecule has 0 spiro atoms. The predicted octanol–water partition coefficient (Wildman–Crippen LogP) is 0.424. The van der Waals surface area contributed by atoms with Crippen LogP contribution in [0.3, 0.4) is 0 Å². The molecule has 1 N–H and O–H groups in total. The van der Waals surface area contributed by atoms with E-state index in [0.29, 0.717) is 6.54 Å². The molecule has 1 atom stereocenters. The van der Waals surface area contributed by atoms with Crippen molar-refractivity contribution >= 4 is 5.97 Å². The van der Waals surface area contributed by atoms with Gasteiger partial charge in [-0.15, -0.1) is 0 Å². The quantitative estimate of drug-likeness (QED) is 0.693. The normalized spacial score (nSPS) is 12.4. The van der Waals surface area contributed by atoms with Gasteiger partial charge < -0.3 is 10.1 Å². The van der Waals surface area contributed by atoms with Crippen LogP contribution in [0.5, 0.6) is 0 Å². The lowest BCUT2D eigenvalue weighted by Crippen LogP contribution is -2.38. The SMILES string of the molecule is CCC(NCCn1cccn1)C(=O)OC. The summed E-state index contributed by atoms with van der Waals surface area (Å²) in [6.45, 7) is 3.40. The van der Waals surface area contributed by atoms with Crippen LogP contribution in [0.2, 0.25) is 0 Å². The van der Waals surface area contributed by atoms with Gasteiger partial charge in [0, 0.05) is 18.9 Å². The second-order valence-corrected chi connectivity index (χ2v) is 3.21. The van der Waals surface area contributed by atoms with Crippen LogP contribution in [-0.4, -0.2) is 35.4 Å². The topological polar surface area (TPSA) is 56.2 Å². The third-order valence-corrected chi connectivity index (χ3v) is 2.18. The van der Waals surface area contributed by atoms with Gasteiger partial charge in [0.1, 0.15) is 6.04 Å². The number of rotatable bonds is 6. The Bertz CT molecular complexity index is 285. The summed E-state index contributed by atoms with van der Waals surface area (Å²) in [5, 5.41) is 7.19. The highest BCUT2D eigenvalue weighted by atomic mass is 16.5. The molecule has 0 saturated carbocycles. The molecule has 0 fully saturated rings. The molecule has 0 aliphatic carbocycles. The number of carbonyl (C=O) groups is 1. The van der Waals surface area contributed by atoms with Gasteiger partial charge in [-0.05, 0) is 12.5 Å². The fraction of sp³-hybridized carbons (Fsp3) is 0.600. The van der Waals surface area contributed by atoms with Crippen molar-refractivity contribution in [2.75, 3.05) is 13.7 Å². The van der Waals surface area contributed by atoms with Crippen LogP contribution in [0, 0.1) is 0 Å². The van der Waals surface area contributed by atoms with E-state index in [0.717, 1.165) is 13.0 Å². The van der Waals surface area contributed by atoms with Crippen LogP contribution in [-0.2, 0) is 16.1 Å². The first-order chi connectivity index (χ1) is 7.27. The summed E-state index contributed by atoms with van der Waals surface area (Å²) in [4.78, 5) is 11.2. The Hall–Kier alpha value is -1.36. The molecule has 15 heavy (non-hydrogen) atoms. The number of carbonyl (C=O) groups excluding carboxylic acids is 1. The Kier molecular flexibility index (Phi) is 4.83. The number of hydrogen-bond donors (Lipinski definition) is 1. The Labute approximate surface area is 89.4 Å². The van der Waals surface area contributed by atoms with E-state index in [1.165, 1.54) is 7.11 Å². The van der Waals surface area contributed by atoms with Crippen LogP contribution in [0.1, 0.15) is 13.3 Å². The fourth-order valence-electron chi connectivity index (χ4n) is 1.32. The minimum atomic E-state index is -0.217. The monoisotopic (exact) mass is 211 g/mol. The van der Waals surface area contributed by atoms with Crippen molar-refractivity contribution in [2.45, 2.75) is 25.9 Å². The Morgan fingerprint density at radius 3 is 3.00 bits per heavy atom. The Morgan fingerprint density at radius 2 is 2.47 bits per heavy atom. The third-order valence-electron chi connectivity index (χ3n) is 2.18. The van der Waals surface area contributed by atoms with Crippen molar-refractivity contribution in [3.63, 3.8) is 0 Å². The Balaban J connectivity index is 2.26. The molecule has 1 heterocycles. The first-order valence-corrected chi connectivity index (χ1v) is 5.06. The molecule has 84 valence electrons. The molecule has 0 aliphatic heterocycles. The molecule has 1 aromatic rings. The van der Waals surface area contributed by atoms with E-state index in [2.05, 4.69) is 15.2 Å². The molecule has 5 nitrogen and oxygen atoms in total. The van der Waals surface area contributed by atoms with E-state index < -0.39 is 0 Å². The lowest BCUT2D eigenvalue weighted by Gasteiger charge is -2.14. The van der Waals surface area contributed by atoms with Crippen molar-refractivity contribution in [3.8, 4) is 0 Å². The molecule has 1 rings (SSSR count). The van der Waals surface area contributed by atoms with Gasteiger partial charge in [0.25, 0.3) is 0 Å². The number of nitrogens with one attached hydrogen (secondary N) is 1. The van der Waals surface area contributed by atoms with Gasteiger partial charge in [-0.3, -0.25) is 9.48 Å². The molecular weight excluding hydrogens is 194 g/mol. The smallest absolute Gasteiger partial charge is 0.322 e. The minimum absolute atomic E-state index is 0.210. The molecule has 0 aromatic carbocycles. The standard InChI is InChI=1S/C10H17N3O2/c1-3-9(10(14)15-2)11-6-8-13-7-4-5-12-13/h4-5,7,9,11H,3,6,8H2,1-2H3. The summed E-state index contributed by atoms with van der Waals surface area (Å²) >= 11 is 0. The van der Waals surface area contributed by atoms with Crippen molar-refractivity contribution in [2.24, 2.45) is 0 Å². The highest BCUT2D eigenvalue weighted by molar-refractivity contribution is 5.75. The molecule has 0 bridgehead atoms. The first-order valence-electron chi connectivity index (χ1n) is 5.06. The van der Waals surface area contributed by atoms with E-state index in [1.54, 1.807) is 6.20 Å². The Morgan fingerprint density at radius 1 is 1.67 bits per heavy atom.